The zero-order valence-electron chi connectivity index (χ0n) is 13.1. The highest BCUT2D eigenvalue weighted by molar-refractivity contribution is 5.51. The van der Waals surface area contributed by atoms with Crippen molar-refractivity contribution in [1.82, 2.24) is 5.32 Å². The zero-order chi connectivity index (χ0) is 14.8. The fraction of sp³-hybridized carbons (Fsp3) is 0.625. The van der Waals surface area contributed by atoms with Gasteiger partial charge in [-0.2, -0.15) is 0 Å². The number of hydrogen-bond acceptors (Lipinski definition) is 4. The van der Waals surface area contributed by atoms with Crippen LogP contribution in [0.5, 0.6) is 17.2 Å². The molecule has 20 heavy (non-hydrogen) atoms. The van der Waals surface area contributed by atoms with Gasteiger partial charge in [0.15, 0.2) is 11.5 Å². The summed E-state index contributed by atoms with van der Waals surface area (Å²) in [7, 11) is 3.28. The minimum Gasteiger partial charge on any atom is -0.493 e. The highest BCUT2D eigenvalue weighted by Crippen LogP contribution is 2.36. The van der Waals surface area contributed by atoms with Gasteiger partial charge in [0.05, 0.1) is 20.8 Å². The lowest BCUT2D eigenvalue weighted by Gasteiger charge is -2.17. The number of hydrogen-bond donors (Lipinski definition) is 1. The Bertz CT molecular complexity index is 360. The maximum absolute atomic E-state index is 5.85. The molecule has 0 aliphatic rings. The molecular weight excluding hydrogens is 254 g/mol. The van der Waals surface area contributed by atoms with Crippen molar-refractivity contribution in [3.63, 3.8) is 0 Å². The monoisotopic (exact) mass is 281 g/mol. The van der Waals surface area contributed by atoms with Crippen LogP contribution in [-0.2, 0) is 0 Å². The molecule has 0 heterocycles. The normalized spacial score (nSPS) is 12.0. The zero-order valence-corrected chi connectivity index (χ0v) is 13.1. The van der Waals surface area contributed by atoms with Gasteiger partial charge >= 0.3 is 0 Å². The van der Waals surface area contributed by atoms with Gasteiger partial charge in [-0.25, -0.2) is 0 Å². The lowest BCUT2D eigenvalue weighted by atomic mass is 10.1. The molecule has 0 radical (unpaired) electrons. The Morgan fingerprint density at radius 3 is 2.25 bits per heavy atom. The number of ether oxygens (including phenoxy) is 3. The Morgan fingerprint density at radius 1 is 1.10 bits per heavy atom. The number of nitrogens with one attached hydrogen (secondary N) is 1. The first kappa shape index (κ1) is 16.6. The van der Waals surface area contributed by atoms with Gasteiger partial charge in [0.1, 0.15) is 0 Å². The van der Waals surface area contributed by atoms with E-state index in [-0.39, 0.29) is 0 Å². The first-order valence-electron chi connectivity index (χ1n) is 7.33. The molecule has 1 unspecified atom stereocenters. The van der Waals surface area contributed by atoms with Crippen LogP contribution in [0.2, 0.25) is 0 Å². The molecule has 0 saturated heterocycles. The highest BCUT2D eigenvalue weighted by Gasteiger charge is 2.11. The molecule has 0 amide bonds. The average molecular weight is 281 g/mol. The molecule has 1 aromatic carbocycles. The molecule has 0 spiro atoms. The van der Waals surface area contributed by atoms with E-state index in [1.807, 2.05) is 18.2 Å². The van der Waals surface area contributed by atoms with E-state index in [2.05, 4.69) is 19.2 Å². The Hall–Kier alpha value is -1.42. The van der Waals surface area contributed by atoms with E-state index >= 15 is 0 Å². The summed E-state index contributed by atoms with van der Waals surface area (Å²) in [5, 5.41) is 3.47. The van der Waals surface area contributed by atoms with Crippen molar-refractivity contribution in [3.05, 3.63) is 18.2 Å². The van der Waals surface area contributed by atoms with Gasteiger partial charge in [-0.1, -0.05) is 19.9 Å². The third-order valence-corrected chi connectivity index (χ3v) is 3.31. The molecule has 4 heteroatoms. The molecule has 1 atom stereocenters. The predicted octanol–water partition coefficient (Wildman–Crippen LogP) is 3.25. The fourth-order valence-electron chi connectivity index (χ4n) is 2.20. The van der Waals surface area contributed by atoms with Gasteiger partial charge in [0.25, 0.3) is 0 Å². The van der Waals surface area contributed by atoms with E-state index in [0.717, 1.165) is 25.8 Å². The molecule has 4 nitrogen and oxygen atoms in total. The van der Waals surface area contributed by atoms with Crippen molar-refractivity contribution in [2.24, 2.45) is 0 Å². The van der Waals surface area contributed by atoms with Gasteiger partial charge in [-0.15, -0.1) is 0 Å². The van der Waals surface area contributed by atoms with Crippen molar-refractivity contribution < 1.29 is 14.2 Å². The summed E-state index contributed by atoms with van der Waals surface area (Å²) in [6, 6.07) is 6.22. The second-order valence-corrected chi connectivity index (χ2v) is 4.65. The van der Waals surface area contributed by atoms with E-state index in [0.29, 0.717) is 29.9 Å². The molecule has 1 aromatic rings. The van der Waals surface area contributed by atoms with Crippen LogP contribution in [-0.4, -0.2) is 33.4 Å². The quantitative estimate of drug-likeness (QED) is 0.668. The smallest absolute Gasteiger partial charge is 0.203 e. The summed E-state index contributed by atoms with van der Waals surface area (Å²) in [6.07, 6.45) is 3.26. The van der Waals surface area contributed by atoms with Crippen LogP contribution in [0.25, 0.3) is 0 Å². The largest absolute Gasteiger partial charge is 0.493 e. The number of para-hydroxylation sites is 1. The van der Waals surface area contributed by atoms with Crippen LogP contribution in [0.1, 0.15) is 33.1 Å². The Labute approximate surface area is 122 Å². The van der Waals surface area contributed by atoms with Crippen LogP contribution in [0.15, 0.2) is 18.2 Å². The molecule has 1 N–H and O–H groups in total. The van der Waals surface area contributed by atoms with E-state index in [1.54, 1.807) is 14.2 Å². The number of rotatable bonds is 10. The summed E-state index contributed by atoms with van der Waals surface area (Å²) in [5.41, 5.74) is 0. The maximum atomic E-state index is 5.85. The molecule has 114 valence electrons. The topological polar surface area (TPSA) is 39.7 Å². The standard InChI is InChI=1S/C16H27NO3/c1-5-13(17-6-2)9-8-12-20-16-14(18-3)10-7-11-15(16)19-4/h7,10-11,13,17H,5-6,8-9,12H2,1-4H3. The first-order valence-corrected chi connectivity index (χ1v) is 7.33. The van der Waals surface area contributed by atoms with Gasteiger partial charge in [-0.05, 0) is 37.9 Å². The van der Waals surface area contributed by atoms with E-state index < -0.39 is 0 Å². The van der Waals surface area contributed by atoms with Gasteiger partial charge in [0, 0.05) is 6.04 Å². The molecule has 0 saturated carbocycles. The summed E-state index contributed by atoms with van der Waals surface area (Å²) in [6.45, 7) is 6.02. The Kier molecular flexibility index (Phi) is 7.88. The third-order valence-electron chi connectivity index (χ3n) is 3.31. The Morgan fingerprint density at radius 2 is 1.75 bits per heavy atom. The minimum atomic E-state index is 0.572. The van der Waals surface area contributed by atoms with E-state index in [4.69, 9.17) is 14.2 Å². The molecule has 0 bridgehead atoms. The van der Waals surface area contributed by atoms with Crippen molar-refractivity contribution in [1.29, 1.82) is 0 Å². The second kappa shape index (κ2) is 9.48. The van der Waals surface area contributed by atoms with Crippen LogP contribution in [0.4, 0.5) is 0 Å². The van der Waals surface area contributed by atoms with Crippen LogP contribution in [0.3, 0.4) is 0 Å². The number of benzene rings is 1. The Balaban J connectivity index is 2.49. The van der Waals surface area contributed by atoms with E-state index in [9.17, 15) is 0 Å². The molecular formula is C16H27NO3. The van der Waals surface area contributed by atoms with Crippen molar-refractivity contribution >= 4 is 0 Å². The van der Waals surface area contributed by atoms with Crippen LogP contribution in [0, 0.1) is 0 Å². The van der Waals surface area contributed by atoms with Crippen LogP contribution < -0.4 is 19.5 Å². The van der Waals surface area contributed by atoms with Gasteiger partial charge in [0.2, 0.25) is 5.75 Å². The van der Waals surface area contributed by atoms with Gasteiger partial charge < -0.3 is 19.5 Å². The molecule has 0 aromatic heterocycles. The summed E-state index contributed by atoms with van der Waals surface area (Å²) in [5.74, 6) is 2.11. The molecule has 0 fully saturated rings. The van der Waals surface area contributed by atoms with Crippen molar-refractivity contribution in [2.75, 3.05) is 27.4 Å². The minimum absolute atomic E-state index is 0.572. The molecule has 1 rings (SSSR count). The van der Waals surface area contributed by atoms with Crippen LogP contribution >= 0.6 is 0 Å². The summed E-state index contributed by atoms with van der Waals surface area (Å²) >= 11 is 0. The highest BCUT2D eigenvalue weighted by atomic mass is 16.5. The maximum Gasteiger partial charge on any atom is 0.203 e. The summed E-state index contributed by atoms with van der Waals surface area (Å²) < 4.78 is 16.5. The van der Waals surface area contributed by atoms with Crippen molar-refractivity contribution in [3.8, 4) is 17.2 Å². The average Bonchev–Trinajstić information content (AvgIpc) is 2.50. The molecule has 0 aliphatic heterocycles. The third kappa shape index (κ3) is 4.93. The lowest BCUT2D eigenvalue weighted by molar-refractivity contribution is 0.262. The predicted molar refractivity (Wildman–Crippen MR) is 82.0 cm³/mol. The summed E-state index contributed by atoms with van der Waals surface area (Å²) in [4.78, 5) is 0. The first-order chi connectivity index (χ1) is 9.76. The molecule has 0 aliphatic carbocycles. The second-order valence-electron chi connectivity index (χ2n) is 4.65. The van der Waals surface area contributed by atoms with Gasteiger partial charge in [-0.3, -0.25) is 0 Å². The van der Waals surface area contributed by atoms with Crippen molar-refractivity contribution in [2.45, 2.75) is 39.2 Å². The SMILES string of the molecule is CCNC(CC)CCCOc1c(OC)cccc1OC. The number of methoxy groups -OCH3 is 2. The van der Waals surface area contributed by atoms with E-state index in [1.165, 1.54) is 0 Å². The lowest BCUT2D eigenvalue weighted by Crippen LogP contribution is -2.28. The fourth-order valence-corrected chi connectivity index (χ4v) is 2.20.